The van der Waals surface area contributed by atoms with Gasteiger partial charge in [-0.2, -0.15) is 0 Å². The number of halogens is 1. The first-order valence-electron chi connectivity index (χ1n) is 5.27. The lowest BCUT2D eigenvalue weighted by molar-refractivity contribution is 0.495. The first-order valence-corrected chi connectivity index (χ1v) is 5.27. The van der Waals surface area contributed by atoms with Crippen LogP contribution in [-0.4, -0.2) is 15.1 Å². The summed E-state index contributed by atoms with van der Waals surface area (Å²) in [5.74, 6) is 0.571. The number of hydrogen-bond donors (Lipinski definition) is 1. The molecule has 2 rings (SSSR count). The number of imidazole rings is 1. The van der Waals surface area contributed by atoms with Gasteiger partial charge in [0, 0.05) is 19.0 Å². The Kier molecular flexibility index (Phi) is 2.46. The third-order valence-corrected chi connectivity index (χ3v) is 2.55. The van der Waals surface area contributed by atoms with Crippen molar-refractivity contribution >= 4 is 11.0 Å². The highest BCUT2D eigenvalue weighted by Crippen LogP contribution is 2.20. The molecule has 0 spiro atoms. The van der Waals surface area contributed by atoms with Crippen molar-refractivity contribution in [3.63, 3.8) is 0 Å². The summed E-state index contributed by atoms with van der Waals surface area (Å²) in [5, 5.41) is 0. The van der Waals surface area contributed by atoms with Crippen molar-refractivity contribution in [1.29, 1.82) is 0 Å². The Morgan fingerprint density at radius 2 is 2.12 bits per heavy atom. The molecule has 1 heterocycles. The smallest absolute Gasteiger partial charge is 0.149 e. The van der Waals surface area contributed by atoms with Gasteiger partial charge in [-0.1, -0.05) is 6.07 Å². The van der Waals surface area contributed by atoms with Crippen LogP contribution < -0.4 is 5.73 Å². The Balaban J connectivity index is 2.57. The number of nitrogens with two attached hydrogens (primary N) is 1. The second-order valence-corrected chi connectivity index (χ2v) is 4.86. The summed E-state index contributed by atoms with van der Waals surface area (Å²) < 4.78 is 15.4. The van der Waals surface area contributed by atoms with E-state index >= 15 is 0 Å². The quantitative estimate of drug-likeness (QED) is 0.842. The van der Waals surface area contributed by atoms with Crippen molar-refractivity contribution in [2.75, 3.05) is 0 Å². The number of aryl methyl sites for hydroxylation is 1. The number of para-hydroxylation sites is 1. The average Bonchev–Trinajstić information content (AvgIpc) is 2.42. The molecule has 1 aromatic carbocycles. The molecule has 4 heteroatoms. The van der Waals surface area contributed by atoms with Crippen LogP contribution in [0.3, 0.4) is 0 Å². The minimum atomic E-state index is -0.342. The Morgan fingerprint density at radius 3 is 2.69 bits per heavy atom. The van der Waals surface area contributed by atoms with Gasteiger partial charge >= 0.3 is 0 Å². The lowest BCUT2D eigenvalue weighted by atomic mass is 10.0. The zero-order valence-corrected chi connectivity index (χ0v) is 9.79. The minimum absolute atomic E-state index is 0.242. The third-order valence-electron chi connectivity index (χ3n) is 2.55. The Labute approximate surface area is 94.1 Å². The molecule has 0 aliphatic carbocycles. The van der Waals surface area contributed by atoms with E-state index in [2.05, 4.69) is 4.98 Å². The summed E-state index contributed by atoms with van der Waals surface area (Å²) in [6.45, 7) is 3.87. The number of benzene rings is 1. The van der Waals surface area contributed by atoms with Crippen LogP contribution in [0.4, 0.5) is 4.39 Å². The summed E-state index contributed by atoms with van der Waals surface area (Å²) in [4.78, 5) is 4.40. The van der Waals surface area contributed by atoms with Crippen LogP contribution in [0, 0.1) is 5.82 Å². The maximum Gasteiger partial charge on any atom is 0.149 e. The van der Waals surface area contributed by atoms with Gasteiger partial charge in [0.2, 0.25) is 0 Å². The van der Waals surface area contributed by atoms with Crippen LogP contribution in [0.5, 0.6) is 0 Å². The highest BCUT2D eigenvalue weighted by molar-refractivity contribution is 5.76. The minimum Gasteiger partial charge on any atom is -0.329 e. The summed E-state index contributed by atoms with van der Waals surface area (Å²) in [6.07, 6.45) is 0.623. The third kappa shape index (κ3) is 1.93. The molecular formula is C12H16FN3. The van der Waals surface area contributed by atoms with Crippen LogP contribution in [0.15, 0.2) is 18.2 Å². The Morgan fingerprint density at radius 1 is 1.44 bits per heavy atom. The largest absolute Gasteiger partial charge is 0.329 e. The molecule has 0 fully saturated rings. The molecule has 2 N–H and O–H groups in total. The first kappa shape index (κ1) is 11.1. The highest BCUT2D eigenvalue weighted by Gasteiger charge is 2.18. The van der Waals surface area contributed by atoms with Crippen LogP contribution >= 0.6 is 0 Å². The highest BCUT2D eigenvalue weighted by atomic mass is 19.1. The molecule has 2 aromatic rings. The zero-order chi connectivity index (χ0) is 11.9. The number of aromatic nitrogens is 2. The number of nitrogens with zero attached hydrogens (tertiary/aromatic N) is 2. The van der Waals surface area contributed by atoms with Gasteiger partial charge in [-0.3, -0.25) is 0 Å². The predicted octanol–water partition coefficient (Wildman–Crippen LogP) is 1.99. The van der Waals surface area contributed by atoms with E-state index in [-0.39, 0.29) is 11.4 Å². The fourth-order valence-electron chi connectivity index (χ4n) is 1.83. The summed E-state index contributed by atoms with van der Waals surface area (Å²) >= 11 is 0. The number of rotatable bonds is 2. The van der Waals surface area contributed by atoms with Crippen molar-refractivity contribution in [2.24, 2.45) is 12.8 Å². The lowest BCUT2D eigenvalue weighted by Gasteiger charge is -2.17. The Hall–Kier alpha value is -1.42. The van der Waals surface area contributed by atoms with E-state index in [1.807, 2.05) is 27.0 Å². The van der Waals surface area contributed by atoms with E-state index < -0.39 is 0 Å². The first-order chi connectivity index (χ1) is 7.38. The van der Waals surface area contributed by atoms with E-state index in [1.54, 1.807) is 10.6 Å². The summed E-state index contributed by atoms with van der Waals surface area (Å²) in [6, 6.07) is 4.93. The van der Waals surface area contributed by atoms with Crippen molar-refractivity contribution in [2.45, 2.75) is 25.8 Å². The summed E-state index contributed by atoms with van der Waals surface area (Å²) in [7, 11) is 1.82. The molecule has 0 amide bonds. The fourth-order valence-corrected chi connectivity index (χ4v) is 1.83. The maximum atomic E-state index is 13.6. The van der Waals surface area contributed by atoms with Gasteiger partial charge in [-0.15, -0.1) is 0 Å². The molecule has 0 saturated carbocycles. The molecule has 0 aliphatic rings. The van der Waals surface area contributed by atoms with Crippen molar-refractivity contribution in [3.8, 4) is 0 Å². The van der Waals surface area contributed by atoms with Gasteiger partial charge in [-0.25, -0.2) is 9.37 Å². The van der Waals surface area contributed by atoms with Crippen LogP contribution in [0.2, 0.25) is 0 Å². The molecule has 0 unspecified atom stereocenters. The predicted molar refractivity (Wildman–Crippen MR) is 62.6 cm³/mol. The molecule has 3 nitrogen and oxygen atoms in total. The monoisotopic (exact) mass is 221 g/mol. The van der Waals surface area contributed by atoms with E-state index in [0.29, 0.717) is 17.5 Å². The fraction of sp³-hybridized carbons (Fsp3) is 0.417. The topological polar surface area (TPSA) is 43.8 Å². The molecule has 0 saturated heterocycles. The van der Waals surface area contributed by atoms with Gasteiger partial charge in [0.1, 0.15) is 17.2 Å². The van der Waals surface area contributed by atoms with E-state index in [1.165, 1.54) is 6.07 Å². The second kappa shape index (κ2) is 3.56. The maximum absolute atomic E-state index is 13.6. The molecule has 1 aromatic heterocycles. The van der Waals surface area contributed by atoms with E-state index in [9.17, 15) is 4.39 Å². The Bertz CT molecular complexity index is 523. The molecule has 86 valence electrons. The molecule has 0 radical (unpaired) electrons. The van der Waals surface area contributed by atoms with Crippen molar-refractivity contribution in [3.05, 3.63) is 29.8 Å². The van der Waals surface area contributed by atoms with Crippen molar-refractivity contribution in [1.82, 2.24) is 9.55 Å². The van der Waals surface area contributed by atoms with Crippen LogP contribution in [0.1, 0.15) is 19.7 Å². The number of fused-ring (bicyclic) bond motifs is 1. The molecule has 16 heavy (non-hydrogen) atoms. The van der Waals surface area contributed by atoms with Gasteiger partial charge in [-0.05, 0) is 26.0 Å². The van der Waals surface area contributed by atoms with E-state index in [4.69, 9.17) is 5.73 Å². The molecular weight excluding hydrogens is 205 g/mol. The van der Waals surface area contributed by atoms with Gasteiger partial charge in [0.05, 0.1) is 5.52 Å². The standard InChI is InChI=1S/C12H16FN3/c1-12(2,14)7-10-15-9-6-4-5-8(13)11(9)16(10)3/h4-6H,7,14H2,1-3H3. The van der Waals surface area contributed by atoms with Crippen LogP contribution in [-0.2, 0) is 13.5 Å². The normalized spacial score (nSPS) is 12.3. The average molecular weight is 221 g/mol. The number of hydrogen-bond acceptors (Lipinski definition) is 2. The van der Waals surface area contributed by atoms with Gasteiger partial charge in [0.15, 0.2) is 0 Å². The molecule has 0 atom stereocenters. The van der Waals surface area contributed by atoms with Gasteiger partial charge in [0.25, 0.3) is 0 Å². The molecule has 0 bridgehead atoms. The van der Waals surface area contributed by atoms with Crippen molar-refractivity contribution < 1.29 is 4.39 Å². The SMILES string of the molecule is Cn1c(CC(C)(C)N)nc2cccc(F)c21. The van der Waals surface area contributed by atoms with Gasteiger partial charge < -0.3 is 10.3 Å². The van der Waals surface area contributed by atoms with Crippen LogP contribution in [0.25, 0.3) is 11.0 Å². The zero-order valence-electron chi connectivity index (χ0n) is 9.79. The van der Waals surface area contributed by atoms with E-state index in [0.717, 1.165) is 5.82 Å². The lowest BCUT2D eigenvalue weighted by Crippen LogP contribution is -2.35. The molecule has 0 aliphatic heterocycles. The second-order valence-electron chi connectivity index (χ2n) is 4.86. The summed E-state index contributed by atoms with van der Waals surface area (Å²) in [5.41, 5.74) is 6.83.